The molecule has 0 aromatic heterocycles. The fourth-order valence-electron chi connectivity index (χ4n) is 1.84. The lowest BCUT2D eigenvalue weighted by molar-refractivity contribution is 0.0309. The molecule has 0 bridgehead atoms. The van der Waals surface area contributed by atoms with Crippen LogP contribution >= 0.6 is 0 Å². The molecule has 1 aliphatic heterocycles. The Balaban J connectivity index is 2.03. The fourth-order valence-corrected chi connectivity index (χ4v) is 1.84. The van der Waals surface area contributed by atoms with Crippen LogP contribution in [0.25, 0.3) is 0 Å². The minimum atomic E-state index is 0.152. The molecule has 0 N–H and O–H groups in total. The smallest absolute Gasteiger partial charge is 0.150 e. The molecule has 0 radical (unpaired) electrons. The topological polar surface area (TPSA) is 44.8 Å². The van der Waals surface area contributed by atoms with E-state index in [1.54, 1.807) is 25.3 Å². The van der Waals surface area contributed by atoms with Crippen molar-refractivity contribution in [2.75, 3.05) is 20.3 Å². The van der Waals surface area contributed by atoms with Crippen LogP contribution in [0.1, 0.15) is 22.3 Å². The zero-order valence-electron chi connectivity index (χ0n) is 9.85. The first-order chi connectivity index (χ1) is 8.33. The van der Waals surface area contributed by atoms with Gasteiger partial charge in [-0.2, -0.15) is 0 Å². The predicted molar refractivity (Wildman–Crippen MR) is 62.4 cm³/mol. The number of methoxy groups -OCH3 is 1. The zero-order valence-corrected chi connectivity index (χ0v) is 9.85. The van der Waals surface area contributed by atoms with Gasteiger partial charge in [0, 0.05) is 17.7 Å². The second kappa shape index (κ2) is 5.80. The largest absolute Gasteiger partial charge is 0.496 e. The van der Waals surface area contributed by atoms with Gasteiger partial charge in [-0.15, -0.1) is 0 Å². The van der Waals surface area contributed by atoms with E-state index in [1.807, 2.05) is 0 Å². The van der Waals surface area contributed by atoms with E-state index in [0.717, 1.165) is 30.6 Å². The van der Waals surface area contributed by atoms with Gasteiger partial charge in [-0.05, 0) is 24.6 Å². The molecule has 0 amide bonds. The Bertz CT molecular complexity index is 383. The summed E-state index contributed by atoms with van der Waals surface area (Å²) in [7, 11) is 1.61. The summed E-state index contributed by atoms with van der Waals surface area (Å²) in [5.41, 5.74) is 1.52. The summed E-state index contributed by atoms with van der Waals surface area (Å²) in [5, 5.41) is 0. The summed E-state index contributed by atoms with van der Waals surface area (Å²) in [4.78, 5) is 10.7. The highest BCUT2D eigenvalue weighted by Gasteiger charge is 2.16. The van der Waals surface area contributed by atoms with Gasteiger partial charge in [-0.25, -0.2) is 0 Å². The lowest BCUT2D eigenvalue weighted by Crippen LogP contribution is -2.12. The molecule has 4 heteroatoms. The summed E-state index contributed by atoms with van der Waals surface area (Å²) in [5.74, 6) is 0.745. The van der Waals surface area contributed by atoms with E-state index in [2.05, 4.69) is 0 Å². The van der Waals surface area contributed by atoms with Crippen molar-refractivity contribution in [3.8, 4) is 5.75 Å². The maximum atomic E-state index is 10.7. The van der Waals surface area contributed by atoms with Crippen LogP contribution in [0.5, 0.6) is 5.75 Å². The number of benzene rings is 1. The number of ether oxygens (including phenoxy) is 3. The van der Waals surface area contributed by atoms with E-state index in [-0.39, 0.29) is 6.10 Å². The molecule has 1 aliphatic rings. The maximum absolute atomic E-state index is 10.7. The van der Waals surface area contributed by atoms with Crippen molar-refractivity contribution in [1.29, 1.82) is 0 Å². The van der Waals surface area contributed by atoms with Gasteiger partial charge in [-0.1, -0.05) is 0 Å². The SMILES string of the molecule is COc1ccc(C=O)cc1COC1CCOC1. The number of rotatable bonds is 5. The number of aldehydes is 1. The molecule has 1 aromatic rings. The highest BCUT2D eigenvalue weighted by Crippen LogP contribution is 2.21. The van der Waals surface area contributed by atoms with E-state index in [0.29, 0.717) is 18.8 Å². The van der Waals surface area contributed by atoms with Crippen LogP contribution < -0.4 is 4.74 Å². The van der Waals surface area contributed by atoms with Gasteiger partial charge < -0.3 is 14.2 Å². The molecule has 2 rings (SSSR count). The Morgan fingerprint density at radius 3 is 3.06 bits per heavy atom. The summed E-state index contributed by atoms with van der Waals surface area (Å²) < 4.78 is 16.2. The number of carbonyl (C=O) groups is 1. The molecular formula is C13H16O4. The van der Waals surface area contributed by atoms with E-state index >= 15 is 0 Å². The Kier molecular flexibility index (Phi) is 4.12. The van der Waals surface area contributed by atoms with E-state index in [1.165, 1.54) is 0 Å². The Labute approximate surface area is 100 Å². The third-order valence-electron chi connectivity index (χ3n) is 2.80. The number of carbonyl (C=O) groups excluding carboxylic acids is 1. The van der Waals surface area contributed by atoms with Gasteiger partial charge in [0.25, 0.3) is 0 Å². The van der Waals surface area contributed by atoms with Gasteiger partial charge in [0.1, 0.15) is 12.0 Å². The molecule has 0 saturated carbocycles. The maximum Gasteiger partial charge on any atom is 0.150 e. The third-order valence-corrected chi connectivity index (χ3v) is 2.80. The van der Waals surface area contributed by atoms with Gasteiger partial charge in [-0.3, -0.25) is 4.79 Å². The van der Waals surface area contributed by atoms with E-state index in [9.17, 15) is 4.79 Å². The fraction of sp³-hybridized carbons (Fsp3) is 0.462. The molecule has 0 spiro atoms. The summed E-state index contributed by atoms with van der Waals surface area (Å²) in [6, 6.07) is 5.31. The standard InChI is InChI=1S/C13H16O4/c1-15-13-3-2-10(7-14)6-11(13)8-17-12-4-5-16-9-12/h2-3,6-7,12H,4-5,8-9H2,1H3. The molecule has 1 fully saturated rings. The molecular weight excluding hydrogens is 220 g/mol. The zero-order chi connectivity index (χ0) is 12.1. The normalized spacial score (nSPS) is 19.2. The highest BCUT2D eigenvalue weighted by atomic mass is 16.5. The first-order valence-corrected chi connectivity index (χ1v) is 5.65. The molecule has 92 valence electrons. The van der Waals surface area contributed by atoms with Crippen molar-refractivity contribution in [2.24, 2.45) is 0 Å². The first-order valence-electron chi connectivity index (χ1n) is 5.65. The predicted octanol–water partition coefficient (Wildman–Crippen LogP) is 1.81. The van der Waals surface area contributed by atoms with Crippen molar-refractivity contribution in [2.45, 2.75) is 19.1 Å². The Hall–Kier alpha value is -1.39. The van der Waals surface area contributed by atoms with Crippen LogP contribution in [0.15, 0.2) is 18.2 Å². The monoisotopic (exact) mass is 236 g/mol. The van der Waals surface area contributed by atoms with Crippen LogP contribution in [0.4, 0.5) is 0 Å². The third kappa shape index (κ3) is 3.05. The van der Waals surface area contributed by atoms with Crippen molar-refractivity contribution in [3.63, 3.8) is 0 Å². The minimum Gasteiger partial charge on any atom is -0.496 e. The second-order valence-electron chi connectivity index (χ2n) is 3.99. The summed E-state index contributed by atoms with van der Waals surface area (Å²) in [6.45, 7) is 1.85. The van der Waals surface area contributed by atoms with Gasteiger partial charge >= 0.3 is 0 Å². The molecule has 1 aromatic carbocycles. The Morgan fingerprint density at radius 1 is 1.53 bits per heavy atom. The Morgan fingerprint density at radius 2 is 2.41 bits per heavy atom. The number of hydrogen-bond donors (Lipinski definition) is 0. The van der Waals surface area contributed by atoms with Crippen molar-refractivity contribution < 1.29 is 19.0 Å². The molecule has 17 heavy (non-hydrogen) atoms. The molecule has 4 nitrogen and oxygen atoms in total. The molecule has 1 unspecified atom stereocenters. The van der Waals surface area contributed by atoms with E-state index < -0.39 is 0 Å². The van der Waals surface area contributed by atoms with Gasteiger partial charge in [0.05, 0.1) is 26.4 Å². The van der Waals surface area contributed by atoms with Gasteiger partial charge in [0.15, 0.2) is 0 Å². The van der Waals surface area contributed by atoms with Crippen molar-refractivity contribution >= 4 is 6.29 Å². The molecule has 0 aliphatic carbocycles. The highest BCUT2D eigenvalue weighted by molar-refractivity contribution is 5.75. The van der Waals surface area contributed by atoms with Crippen molar-refractivity contribution in [1.82, 2.24) is 0 Å². The van der Waals surface area contributed by atoms with Gasteiger partial charge in [0.2, 0.25) is 0 Å². The van der Waals surface area contributed by atoms with Crippen LogP contribution in [0.2, 0.25) is 0 Å². The summed E-state index contributed by atoms with van der Waals surface area (Å²) in [6.07, 6.45) is 1.90. The lowest BCUT2D eigenvalue weighted by Gasteiger charge is -2.12. The molecule has 1 saturated heterocycles. The molecule has 1 heterocycles. The van der Waals surface area contributed by atoms with E-state index in [4.69, 9.17) is 14.2 Å². The average molecular weight is 236 g/mol. The minimum absolute atomic E-state index is 0.152. The summed E-state index contributed by atoms with van der Waals surface area (Å²) >= 11 is 0. The van der Waals surface area contributed by atoms with Crippen LogP contribution in [-0.4, -0.2) is 32.7 Å². The number of hydrogen-bond acceptors (Lipinski definition) is 4. The quantitative estimate of drug-likeness (QED) is 0.731. The molecule has 1 atom stereocenters. The van der Waals surface area contributed by atoms with Crippen molar-refractivity contribution in [3.05, 3.63) is 29.3 Å². The van der Waals surface area contributed by atoms with Crippen LogP contribution in [0.3, 0.4) is 0 Å². The second-order valence-corrected chi connectivity index (χ2v) is 3.99. The van der Waals surface area contributed by atoms with Crippen LogP contribution in [-0.2, 0) is 16.1 Å². The first kappa shape index (κ1) is 12.1. The van der Waals surface area contributed by atoms with Crippen LogP contribution in [0, 0.1) is 0 Å². The average Bonchev–Trinajstić information content (AvgIpc) is 2.89. The lowest BCUT2D eigenvalue weighted by atomic mass is 10.1.